The summed E-state index contributed by atoms with van der Waals surface area (Å²) in [5.41, 5.74) is 2.11. The summed E-state index contributed by atoms with van der Waals surface area (Å²) in [5, 5.41) is 0. The molecule has 0 fully saturated rings. The van der Waals surface area contributed by atoms with Gasteiger partial charge < -0.3 is 9.47 Å². The fourth-order valence-electron chi connectivity index (χ4n) is 2.17. The van der Waals surface area contributed by atoms with Gasteiger partial charge in [0.1, 0.15) is 16.4 Å². The standard InChI is InChI=1S/C16H18BrNO4S/c1-10-7-12(17)5-6-13(10)18-23(19,20)16-9-14(21-3)11(2)8-15(16)22-4/h5-9,18H,1-4H3. The molecule has 0 spiro atoms. The minimum Gasteiger partial charge on any atom is -0.496 e. The maximum absolute atomic E-state index is 12.7. The number of aryl methyl sites for hydroxylation is 2. The van der Waals surface area contributed by atoms with Gasteiger partial charge >= 0.3 is 0 Å². The average Bonchev–Trinajstić information content (AvgIpc) is 2.49. The van der Waals surface area contributed by atoms with E-state index in [1.807, 2.05) is 19.9 Å². The minimum atomic E-state index is -3.81. The number of methoxy groups -OCH3 is 2. The summed E-state index contributed by atoms with van der Waals surface area (Å²) in [6.45, 7) is 3.65. The van der Waals surface area contributed by atoms with Crippen molar-refractivity contribution in [1.29, 1.82) is 0 Å². The number of anilines is 1. The van der Waals surface area contributed by atoms with Crippen molar-refractivity contribution >= 4 is 31.6 Å². The molecule has 1 N–H and O–H groups in total. The van der Waals surface area contributed by atoms with Gasteiger partial charge in [-0.25, -0.2) is 8.42 Å². The highest BCUT2D eigenvalue weighted by Crippen LogP contribution is 2.33. The lowest BCUT2D eigenvalue weighted by atomic mass is 10.2. The molecule has 0 aliphatic rings. The van der Waals surface area contributed by atoms with Crippen LogP contribution >= 0.6 is 15.9 Å². The number of nitrogens with one attached hydrogen (secondary N) is 1. The Labute approximate surface area is 144 Å². The quantitative estimate of drug-likeness (QED) is 0.827. The number of hydrogen-bond acceptors (Lipinski definition) is 4. The van der Waals surface area contributed by atoms with Gasteiger partial charge in [-0.3, -0.25) is 4.72 Å². The fraction of sp³-hybridized carbons (Fsp3) is 0.250. The maximum Gasteiger partial charge on any atom is 0.265 e. The average molecular weight is 400 g/mol. The summed E-state index contributed by atoms with van der Waals surface area (Å²) in [4.78, 5) is 0.0322. The predicted octanol–water partition coefficient (Wildman–Crippen LogP) is 3.88. The summed E-state index contributed by atoms with van der Waals surface area (Å²) in [6, 6.07) is 8.42. The number of benzene rings is 2. The first-order valence-electron chi connectivity index (χ1n) is 6.80. The molecule has 124 valence electrons. The highest BCUT2D eigenvalue weighted by molar-refractivity contribution is 9.10. The van der Waals surface area contributed by atoms with Crippen LogP contribution in [0, 0.1) is 13.8 Å². The van der Waals surface area contributed by atoms with Crippen LogP contribution in [0.5, 0.6) is 11.5 Å². The Morgan fingerprint density at radius 2 is 1.61 bits per heavy atom. The first kappa shape index (κ1) is 17.6. The minimum absolute atomic E-state index is 0.0322. The molecule has 0 heterocycles. The monoisotopic (exact) mass is 399 g/mol. The smallest absolute Gasteiger partial charge is 0.265 e. The Bertz CT molecular complexity index is 834. The van der Waals surface area contributed by atoms with Crippen LogP contribution in [-0.4, -0.2) is 22.6 Å². The van der Waals surface area contributed by atoms with Gasteiger partial charge in [0, 0.05) is 10.5 Å². The van der Waals surface area contributed by atoms with Gasteiger partial charge in [0.05, 0.1) is 19.9 Å². The van der Waals surface area contributed by atoms with Crippen molar-refractivity contribution in [2.24, 2.45) is 0 Å². The van der Waals surface area contributed by atoms with Gasteiger partial charge in [-0.1, -0.05) is 15.9 Å². The summed E-state index contributed by atoms with van der Waals surface area (Å²) < 4.78 is 39.4. The SMILES string of the molecule is COc1cc(S(=O)(=O)Nc2ccc(Br)cc2C)c(OC)cc1C. The molecule has 0 aliphatic carbocycles. The van der Waals surface area contributed by atoms with Gasteiger partial charge in [-0.2, -0.15) is 0 Å². The van der Waals surface area contributed by atoms with Gasteiger partial charge in [0.2, 0.25) is 0 Å². The third-order valence-electron chi connectivity index (χ3n) is 3.40. The van der Waals surface area contributed by atoms with E-state index in [0.717, 1.165) is 15.6 Å². The third kappa shape index (κ3) is 3.79. The van der Waals surface area contributed by atoms with E-state index in [0.29, 0.717) is 11.4 Å². The normalized spacial score (nSPS) is 11.2. The van der Waals surface area contributed by atoms with Crippen molar-refractivity contribution in [1.82, 2.24) is 0 Å². The van der Waals surface area contributed by atoms with Crippen LogP contribution in [0.2, 0.25) is 0 Å². The number of hydrogen-bond donors (Lipinski definition) is 1. The lowest BCUT2D eigenvalue weighted by molar-refractivity contribution is 0.390. The van der Waals surface area contributed by atoms with Crippen molar-refractivity contribution in [2.75, 3.05) is 18.9 Å². The lowest BCUT2D eigenvalue weighted by Gasteiger charge is -2.15. The van der Waals surface area contributed by atoms with E-state index in [4.69, 9.17) is 9.47 Å². The molecule has 0 saturated heterocycles. The highest BCUT2D eigenvalue weighted by atomic mass is 79.9. The molecule has 0 saturated carbocycles. The third-order valence-corrected chi connectivity index (χ3v) is 5.28. The van der Waals surface area contributed by atoms with E-state index in [1.165, 1.54) is 20.3 Å². The van der Waals surface area contributed by atoms with Gasteiger partial charge in [0.25, 0.3) is 10.0 Å². The Hall–Kier alpha value is -1.73. The zero-order valence-corrected chi connectivity index (χ0v) is 15.7. The molecular formula is C16H18BrNO4S. The zero-order valence-electron chi connectivity index (χ0n) is 13.3. The van der Waals surface area contributed by atoms with Crippen LogP contribution in [-0.2, 0) is 10.0 Å². The van der Waals surface area contributed by atoms with Crippen LogP contribution in [0.3, 0.4) is 0 Å². The number of rotatable bonds is 5. The van der Waals surface area contributed by atoms with Crippen LogP contribution < -0.4 is 14.2 Å². The van der Waals surface area contributed by atoms with Crippen LogP contribution in [0.1, 0.15) is 11.1 Å². The second-order valence-corrected chi connectivity index (χ2v) is 7.60. The van der Waals surface area contributed by atoms with Crippen LogP contribution in [0.25, 0.3) is 0 Å². The first-order chi connectivity index (χ1) is 10.8. The zero-order chi connectivity index (χ0) is 17.2. The van der Waals surface area contributed by atoms with Crippen LogP contribution in [0.15, 0.2) is 39.7 Å². The molecule has 0 unspecified atom stereocenters. The fourth-order valence-corrected chi connectivity index (χ4v) is 3.95. The van der Waals surface area contributed by atoms with E-state index in [1.54, 1.807) is 18.2 Å². The van der Waals surface area contributed by atoms with Gasteiger partial charge in [-0.15, -0.1) is 0 Å². The van der Waals surface area contributed by atoms with Crippen molar-refractivity contribution in [3.05, 3.63) is 45.9 Å². The van der Waals surface area contributed by atoms with E-state index in [2.05, 4.69) is 20.7 Å². The summed E-state index contributed by atoms with van der Waals surface area (Å²) in [5.74, 6) is 0.754. The number of sulfonamides is 1. The lowest BCUT2D eigenvalue weighted by Crippen LogP contribution is -2.15. The van der Waals surface area contributed by atoms with E-state index >= 15 is 0 Å². The Morgan fingerprint density at radius 1 is 0.957 bits per heavy atom. The van der Waals surface area contributed by atoms with E-state index in [9.17, 15) is 8.42 Å². The maximum atomic E-state index is 12.7. The van der Waals surface area contributed by atoms with Crippen molar-refractivity contribution in [3.63, 3.8) is 0 Å². The molecule has 0 atom stereocenters. The molecule has 7 heteroatoms. The second-order valence-electron chi connectivity index (χ2n) is 5.04. The van der Waals surface area contributed by atoms with Gasteiger partial charge in [-0.05, 0) is 49.2 Å². The molecule has 0 amide bonds. The molecule has 0 bridgehead atoms. The van der Waals surface area contributed by atoms with Gasteiger partial charge in [0.15, 0.2) is 0 Å². The van der Waals surface area contributed by atoms with E-state index < -0.39 is 10.0 Å². The largest absolute Gasteiger partial charge is 0.496 e. The topological polar surface area (TPSA) is 64.6 Å². The second kappa shape index (κ2) is 6.80. The van der Waals surface area contributed by atoms with Crippen LogP contribution in [0.4, 0.5) is 5.69 Å². The predicted molar refractivity (Wildman–Crippen MR) is 94.0 cm³/mol. The van der Waals surface area contributed by atoms with Crippen molar-refractivity contribution in [2.45, 2.75) is 18.7 Å². The van der Waals surface area contributed by atoms with E-state index in [-0.39, 0.29) is 10.6 Å². The van der Waals surface area contributed by atoms with Crippen molar-refractivity contribution < 1.29 is 17.9 Å². The molecule has 0 radical (unpaired) electrons. The Kier molecular flexibility index (Phi) is 5.21. The highest BCUT2D eigenvalue weighted by Gasteiger charge is 2.22. The Balaban J connectivity index is 2.50. The first-order valence-corrected chi connectivity index (χ1v) is 9.07. The Morgan fingerprint density at radius 3 is 2.17 bits per heavy atom. The molecular weight excluding hydrogens is 382 g/mol. The summed E-state index contributed by atoms with van der Waals surface area (Å²) in [7, 11) is -0.878. The summed E-state index contributed by atoms with van der Waals surface area (Å²) >= 11 is 3.36. The summed E-state index contributed by atoms with van der Waals surface area (Å²) in [6.07, 6.45) is 0. The molecule has 2 rings (SSSR count). The molecule has 0 aliphatic heterocycles. The molecule has 5 nitrogen and oxygen atoms in total. The molecule has 23 heavy (non-hydrogen) atoms. The number of ether oxygens (including phenoxy) is 2. The number of halogens is 1. The molecule has 2 aromatic carbocycles. The van der Waals surface area contributed by atoms with Crippen molar-refractivity contribution in [3.8, 4) is 11.5 Å². The molecule has 2 aromatic rings. The molecule has 0 aromatic heterocycles.